The van der Waals surface area contributed by atoms with Crippen molar-refractivity contribution >= 4 is 11.6 Å². The number of hydrogen-bond acceptors (Lipinski definition) is 3. The van der Waals surface area contributed by atoms with Crippen LogP contribution in [0.3, 0.4) is 0 Å². The van der Waals surface area contributed by atoms with E-state index in [1.165, 1.54) is 0 Å². The molecule has 19 heavy (non-hydrogen) atoms. The van der Waals surface area contributed by atoms with Crippen molar-refractivity contribution in [3.8, 4) is 5.75 Å². The second-order valence-corrected chi connectivity index (χ2v) is 5.63. The third-order valence-electron chi connectivity index (χ3n) is 4.14. The van der Waals surface area contributed by atoms with E-state index in [-0.39, 0.29) is 0 Å². The van der Waals surface area contributed by atoms with Gasteiger partial charge >= 0.3 is 0 Å². The summed E-state index contributed by atoms with van der Waals surface area (Å²) in [6.07, 6.45) is 0. The maximum absolute atomic E-state index is 6.23. The molecule has 0 aliphatic heterocycles. The van der Waals surface area contributed by atoms with Crippen LogP contribution in [0.25, 0.3) is 0 Å². The second-order valence-electron chi connectivity index (χ2n) is 5.22. The van der Waals surface area contributed by atoms with Gasteiger partial charge in [0.2, 0.25) is 0 Å². The van der Waals surface area contributed by atoms with E-state index < -0.39 is 0 Å². The Hall–Kier alpha value is -0.770. The number of rotatable bonds is 6. The summed E-state index contributed by atoms with van der Waals surface area (Å²) in [6.45, 7) is 7.54. The highest BCUT2D eigenvalue weighted by Crippen LogP contribution is 2.37. The molecule has 2 atom stereocenters. The number of methoxy groups -OCH3 is 1. The topological polar surface area (TPSA) is 61.3 Å². The zero-order valence-electron chi connectivity index (χ0n) is 12.2. The Balaban J connectivity index is 3.10. The molecule has 0 aromatic heterocycles. The largest absolute Gasteiger partial charge is 0.496 e. The molecule has 1 aromatic carbocycles. The Labute approximate surface area is 121 Å². The number of hydrogen-bond donors (Lipinski definition) is 2. The summed E-state index contributed by atoms with van der Waals surface area (Å²) in [4.78, 5) is 0. The molecule has 0 fully saturated rings. The lowest BCUT2D eigenvalue weighted by molar-refractivity contribution is 0.319. The average Bonchev–Trinajstić information content (AvgIpc) is 2.41. The van der Waals surface area contributed by atoms with E-state index in [1.807, 2.05) is 19.1 Å². The highest BCUT2D eigenvalue weighted by molar-refractivity contribution is 6.31. The summed E-state index contributed by atoms with van der Waals surface area (Å²) in [5, 5.41) is 0.770. The van der Waals surface area contributed by atoms with Crippen LogP contribution >= 0.6 is 11.6 Å². The van der Waals surface area contributed by atoms with Gasteiger partial charge < -0.3 is 16.2 Å². The third kappa shape index (κ3) is 3.62. The van der Waals surface area contributed by atoms with Crippen LogP contribution in [-0.2, 0) is 0 Å². The third-order valence-corrected chi connectivity index (χ3v) is 4.55. The van der Waals surface area contributed by atoms with E-state index in [2.05, 4.69) is 13.8 Å². The maximum Gasteiger partial charge on any atom is 0.122 e. The Kier molecular flexibility index (Phi) is 6.11. The van der Waals surface area contributed by atoms with E-state index in [0.717, 1.165) is 21.9 Å². The lowest BCUT2D eigenvalue weighted by Crippen LogP contribution is -2.31. The summed E-state index contributed by atoms with van der Waals surface area (Å²) < 4.78 is 5.48. The van der Waals surface area contributed by atoms with E-state index in [0.29, 0.717) is 30.8 Å². The fraction of sp³-hybridized carbons (Fsp3) is 0.600. The van der Waals surface area contributed by atoms with Crippen LogP contribution < -0.4 is 16.2 Å². The van der Waals surface area contributed by atoms with Crippen molar-refractivity contribution in [2.24, 2.45) is 23.3 Å². The first-order valence-corrected chi connectivity index (χ1v) is 7.08. The number of aryl methyl sites for hydroxylation is 1. The Morgan fingerprint density at radius 2 is 1.79 bits per heavy atom. The predicted molar refractivity (Wildman–Crippen MR) is 81.9 cm³/mol. The van der Waals surface area contributed by atoms with Gasteiger partial charge in [-0.3, -0.25) is 0 Å². The predicted octanol–water partition coefficient (Wildman–Crippen LogP) is 2.93. The smallest absolute Gasteiger partial charge is 0.122 e. The molecular weight excluding hydrogens is 260 g/mol. The molecule has 0 spiro atoms. The summed E-state index contributed by atoms with van der Waals surface area (Å²) in [5.41, 5.74) is 13.7. The van der Waals surface area contributed by atoms with Gasteiger partial charge in [0.05, 0.1) is 7.11 Å². The molecule has 4 N–H and O–H groups in total. The van der Waals surface area contributed by atoms with Gasteiger partial charge in [0.1, 0.15) is 5.75 Å². The zero-order chi connectivity index (χ0) is 14.6. The SMILES string of the molecule is COc1cc(C)c(Cl)cc1C(C)C(C)C(CN)CN. The molecular formula is C15H25ClN2O. The molecule has 3 nitrogen and oxygen atoms in total. The normalized spacial score (nSPS) is 14.5. The van der Waals surface area contributed by atoms with Crippen molar-refractivity contribution in [2.45, 2.75) is 26.7 Å². The fourth-order valence-electron chi connectivity index (χ4n) is 2.42. The van der Waals surface area contributed by atoms with Gasteiger partial charge in [-0.15, -0.1) is 0 Å². The molecule has 2 unspecified atom stereocenters. The zero-order valence-corrected chi connectivity index (χ0v) is 13.0. The Morgan fingerprint density at radius 3 is 2.26 bits per heavy atom. The first kappa shape index (κ1) is 16.3. The quantitative estimate of drug-likeness (QED) is 0.844. The van der Waals surface area contributed by atoms with Gasteiger partial charge in [0, 0.05) is 5.02 Å². The molecule has 4 heteroatoms. The van der Waals surface area contributed by atoms with Crippen molar-refractivity contribution in [1.29, 1.82) is 0 Å². The lowest BCUT2D eigenvalue weighted by Gasteiger charge is -2.28. The molecule has 1 rings (SSSR count). The Morgan fingerprint density at radius 1 is 1.21 bits per heavy atom. The minimum atomic E-state index is 0.296. The molecule has 0 radical (unpaired) electrons. The van der Waals surface area contributed by atoms with Crippen molar-refractivity contribution < 1.29 is 4.74 Å². The molecule has 108 valence electrons. The first-order chi connectivity index (χ1) is 8.96. The minimum Gasteiger partial charge on any atom is -0.496 e. The first-order valence-electron chi connectivity index (χ1n) is 6.70. The van der Waals surface area contributed by atoms with Crippen LogP contribution in [0.2, 0.25) is 5.02 Å². The monoisotopic (exact) mass is 284 g/mol. The van der Waals surface area contributed by atoms with Crippen LogP contribution in [0.1, 0.15) is 30.9 Å². The van der Waals surface area contributed by atoms with E-state index in [4.69, 9.17) is 27.8 Å². The molecule has 0 saturated carbocycles. The molecule has 0 heterocycles. The lowest BCUT2D eigenvalue weighted by atomic mass is 9.79. The number of nitrogens with two attached hydrogens (primary N) is 2. The molecule has 0 saturated heterocycles. The average molecular weight is 285 g/mol. The van der Waals surface area contributed by atoms with Crippen molar-refractivity contribution in [2.75, 3.05) is 20.2 Å². The van der Waals surface area contributed by atoms with Crippen molar-refractivity contribution in [3.05, 3.63) is 28.3 Å². The molecule has 1 aromatic rings. The van der Waals surface area contributed by atoms with Gasteiger partial charge in [-0.25, -0.2) is 0 Å². The van der Waals surface area contributed by atoms with Crippen molar-refractivity contribution in [1.82, 2.24) is 0 Å². The van der Waals surface area contributed by atoms with Crippen molar-refractivity contribution in [3.63, 3.8) is 0 Å². The summed E-state index contributed by atoms with van der Waals surface area (Å²) in [7, 11) is 1.69. The number of ether oxygens (including phenoxy) is 1. The number of halogens is 1. The highest BCUT2D eigenvalue weighted by Gasteiger charge is 2.24. The van der Waals surface area contributed by atoms with E-state index in [9.17, 15) is 0 Å². The number of benzene rings is 1. The molecule has 0 aliphatic carbocycles. The minimum absolute atomic E-state index is 0.296. The van der Waals surface area contributed by atoms with Crippen LogP contribution in [0.5, 0.6) is 5.75 Å². The van der Waals surface area contributed by atoms with E-state index >= 15 is 0 Å². The molecule has 0 bridgehead atoms. The van der Waals surface area contributed by atoms with Crippen LogP contribution in [-0.4, -0.2) is 20.2 Å². The summed E-state index contributed by atoms with van der Waals surface area (Å²) in [6, 6.07) is 3.99. The summed E-state index contributed by atoms with van der Waals surface area (Å²) in [5.74, 6) is 1.86. The van der Waals surface area contributed by atoms with E-state index in [1.54, 1.807) is 7.11 Å². The van der Waals surface area contributed by atoms with Crippen LogP contribution in [0, 0.1) is 18.8 Å². The second kappa shape index (κ2) is 7.13. The summed E-state index contributed by atoms with van der Waals surface area (Å²) >= 11 is 6.23. The Bertz CT molecular complexity index is 419. The van der Waals surface area contributed by atoms with Gasteiger partial charge in [-0.05, 0) is 61.0 Å². The van der Waals surface area contributed by atoms with Gasteiger partial charge in [-0.2, -0.15) is 0 Å². The fourth-order valence-corrected chi connectivity index (χ4v) is 2.59. The van der Waals surface area contributed by atoms with Gasteiger partial charge in [0.15, 0.2) is 0 Å². The van der Waals surface area contributed by atoms with Gasteiger partial charge in [0.25, 0.3) is 0 Å². The van der Waals surface area contributed by atoms with Crippen LogP contribution in [0.15, 0.2) is 12.1 Å². The molecule has 0 aliphatic rings. The standard InChI is InChI=1S/C15H25ClN2O/c1-9-5-15(19-4)13(6-14(9)16)11(3)10(2)12(7-17)8-18/h5-6,10-12H,7-8,17-18H2,1-4H3. The highest BCUT2D eigenvalue weighted by atomic mass is 35.5. The van der Waals surface area contributed by atoms with Gasteiger partial charge in [-0.1, -0.05) is 25.4 Å². The molecule has 0 amide bonds. The van der Waals surface area contributed by atoms with Crippen LogP contribution in [0.4, 0.5) is 0 Å². The maximum atomic E-state index is 6.23.